The summed E-state index contributed by atoms with van der Waals surface area (Å²) < 4.78 is 0. The van der Waals surface area contributed by atoms with Gasteiger partial charge in [-0.3, -0.25) is 14.5 Å². The number of piperazine rings is 1. The van der Waals surface area contributed by atoms with Crippen LogP contribution in [0.25, 0.3) is 0 Å². The van der Waals surface area contributed by atoms with Gasteiger partial charge in [-0.05, 0) is 50.7 Å². The van der Waals surface area contributed by atoms with Crippen LogP contribution in [0.15, 0.2) is 24.3 Å². The van der Waals surface area contributed by atoms with E-state index in [1.165, 1.54) is 0 Å². The minimum atomic E-state index is -0.846. The second-order valence-corrected chi connectivity index (χ2v) is 11.5. The molecule has 3 atom stereocenters. The molecule has 0 aromatic heterocycles. The molecule has 1 aromatic rings. The summed E-state index contributed by atoms with van der Waals surface area (Å²) in [7, 11) is 0. The normalized spacial score (nSPS) is 19.4. The summed E-state index contributed by atoms with van der Waals surface area (Å²) in [6.07, 6.45) is 0.145. The Kier molecular flexibility index (Phi) is 10.4. The van der Waals surface area contributed by atoms with Gasteiger partial charge in [-0.25, -0.2) is 0 Å². The van der Waals surface area contributed by atoms with Crippen molar-refractivity contribution in [2.24, 2.45) is 23.5 Å². The standard InChI is InChI=1S/C26H43ClN4O3/c1-17(2)11-19(25(34)29-13-18(3)4)12-23(32)21(28)14-30-15-24(33)31(16-26(30,5)6)22-10-8-7-9-20(22)27/h7-10,17-19,21,23,32H,11-16,28H2,1-6H3,(H,29,34)/t19-,21+,23+/m1/s1. The van der Waals surface area contributed by atoms with E-state index < -0.39 is 12.1 Å². The van der Waals surface area contributed by atoms with E-state index >= 15 is 0 Å². The maximum Gasteiger partial charge on any atom is 0.241 e. The number of carbonyl (C=O) groups excluding carboxylic acids is 2. The highest BCUT2D eigenvalue weighted by Crippen LogP contribution is 2.31. The molecule has 1 heterocycles. The van der Waals surface area contributed by atoms with Crippen molar-refractivity contribution < 1.29 is 14.7 Å². The predicted octanol–water partition coefficient (Wildman–Crippen LogP) is 3.28. The maximum atomic E-state index is 13.0. The molecule has 34 heavy (non-hydrogen) atoms. The molecular formula is C26H43ClN4O3. The van der Waals surface area contributed by atoms with Gasteiger partial charge in [0.25, 0.3) is 0 Å². The van der Waals surface area contributed by atoms with Crippen molar-refractivity contribution >= 4 is 29.1 Å². The number of rotatable bonds is 11. The summed E-state index contributed by atoms with van der Waals surface area (Å²) in [6.45, 7) is 14.0. The zero-order chi connectivity index (χ0) is 25.6. The second-order valence-electron chi connectivity index (χ2n) is 11.1. The van der Waals surface area contributed by atoms with Gasteiger partial charge in [0.05, 0.1) is 23.4 Å². The number of hydrogen-bond donors (Lipinski definition) is 3. The number of aliphatic hydroxyl groups is 1. The fraction of sp³-hybridized carbons (Fsp3) is 0.692. The van der Waals surface area contributed by atoms with Gasteiger partial charge in [-0.15, -0.1) is 0 Å². The number of carbonyl (C=O) groups is 2. The quantitative estimate of drug-likeness (QED) is 0.438. The lowest BCUT2D eigenvalue weighted by Crippen LogP contribution is -2.64. The van der Waals surface area contributed by atoms with Gasteiger partial charge in [-0.2, -0.15) is 0 Å². The highest BCUT2D eigenvalue weighted by molar-refractivity contribution is 6.33. The molecule has 1 saturated heterocycles. The summed E-state index contributed by atoms with van der Waals surface area (Å²) >= 11 is 6.33. The van der Waals surface area contributed by atoms with Crippen LogP contribution < -0.4 is 16.0 Å². The van der Waals surface area contributed by atoms with Crippen molar-refractivity contribution in [2.45, 2.75) is 72.1 Å². The average molecular weight is 495 g/mol. The highest BCUT2D eigenvalue weighted by Gasteiger charge is 2.40. The summed E-state index contributed by atoms with van der Waals surface area (Å²) in [6, 6.07) is 6.76. The molecule has 0 spiro atoms. The molecule has 1 aromatic carbocycles. The van der Waals surface area contributed by atoms with Gasteiger partial charge in [0, 0.05) is 37.1 Å². The number of nitrogens with zero attached hydrogens (tertiary/aromatic N) is 2. The highest BCUT2D eigenvalue weighted by atomic mass is 35.5. The predicted molar refractivity (Wildman–Crippen MR) is 139 cm³/mol. The monoisotopic (exact) mass is 494 g/mol. The van der Waals surface area contributed by atoms with E-state index in [1.54, 1.807) is 11.0 Å². The Morgan fingerprint density at radius 3 is 2.41 bits per heavy atom. The molecule has 4 N–H and O–H groups in total. The second kappa shape index (κ2) is 12.3. The number of hydrogen-bond acceptors (Lipinski definition) is 5. The van der Waals surface area contributed by atoms with Crippen molar-refractivity contribution in [1.29, 1.82) is 0 Å². The molecule has 0 bridgehead atoms. The number of amides is 2. The zero-order valence-corrected chi connectivity index (χ0v) is 22.3. The summed E-state index contributed by atoms with van der Waals surface area (Å²) in [4.78, 5) is 29.5. The van der Waals surface area contributed by atoms with Crippen LogP contribution in [0.3, 0.4) is 0 Å². The molecule has 2 rings (SSSR count). The molecular weight excluding hydrogens is 452 g/mol. The van der Waals surface area contributed by atoms with E-state index in [9.17, 15) is 14.7 Å². The third-order valence-corrected chi connectivity index (χ3v) is 6.75. The SMILES string of the molecule is CC(C)CNC(=O)[C@H](CC(C)C)C[C@H](O)[C@@H](N)CN1CC(=O)N(c2ccccc2Cl)CC1(C)C. The van der Waals surface area contributed by atoms with Crippen LogP contribution in [0.1, 0.15) is 54.4 Å². The van der Waals surface area contributed by atoms with Crippen LogP contribution in [-0.2, 0) is 9.59 Å². The van der Waals surface area contributed by atoms with Crippen molar-refractivity contribution in [1.82, 2.24) is 10.2 Å². The molecule has 0 aliphatic carbocycles. The summed E-state index contributed by atoms with van der Waals surface area (Å²) in [5.74, 6) is 0.302. The number of aliphatic hydroxyl groups excluding tert-OH is 1. The first-order chi connectivity index (χ1) is 15.8. The number of benzene rings is 1. The van der Waals surface area contributed by atoms with Crippen LogP contribution in [0.5, 0.6) is 0 Å². The lowest BCUT2D eigenvalue weighted by molar-refractivity contribution is -0.127. The minimum Gasteiger partial charge on any atom is -0.391 e. The molecule has 0 unspecified atom stereocenters. The number of nitrogens with two attached hydrogens (primary N) is 1. The Hall–Kier alpha value is -1.67. The minimum absolute atomic E-state index is 0.0301. The molecule has 192 valence electrons. The van der Waals surface area contributed by atoms with Crippen LogP contribution in [0.2, 0.25) is 5.02 Å². The Morgan fingerprint density at radius 2 is 1.82 bits per heavy atom. The van der Waals surface area contributed by atoms with Gasteiger partial charge in [0.1, 0.15) is 0 Å². The lowest BCUT2D eigenvalue weighted by atomic mass is 9.88. The molecule has 1 fully saturated rings. The van der Waals surface area contributed by atoms with Crippen LogP contribution in [-0.4, -0.2) is 65.7 Å². The molecule has 2 amide bonds. The van der Waals surface area contributed by atoms with Crippen molar-refractivity contribution in [3.8, 4) is 0 Å². The molecule has 7 nitrogen and oxygen atoms in total. The third kappa shape index (κ3) is 7.94. The van der Waals surface area contributed by atoms with Gasteiger partial charge in [-0.1, -0.05) is 51.4 Å². The van der Waals surface area contributed by atoms with Gasteiger partial charge < -0.3 is 21.1 Å². The molecule has 0 saturated carbocycles. The van der Waals surface area contributed by atoms with Crippen LogP contribution in [0, 0.1) is 17.8 Å². The average Bonchev–Trinajstić information content (AvgIpc) is 2.74. The molecule has 1 aliphatic heterocycles. The first-order valence-corrected chi connectivity index (χ1v) is 12.7. The van der Waals surface area contributed by atoms with Crippen LogP contribution in [0.4, 0.5) is 5.69 Å². The van der Waals surface area contributed by atoms with Gasteiger partial charge in [0.2, 0.25) is 11.8 Å². The Balaban J connectivity index is 2.04. The van der Waals surface area contributed by atoms with Crippen molar-refractivity contribution in [3.63, 3.8) is 0 Å². The van der Waals surface area contributed by atoms with E-state index in [-0.39, 0.29) is 29.8 Å². The van der Waals surface area contributed by atoms with E-state index in [2.05, 4.69) is 46.9 Å². The zero-order valence-electron chi connectivity index (χ0n) is 21.6. The molecule has 1 aliphatic rings. The van der Waals surface area contributed by atoms with Gasteiger partial charge >= 0.3 is 0 Å². The smallest absolute Gasteiger partial charge is 0.241 e. The topological polar surface area (TPSA) is 98.9 Å². The Morgan fingerprint density at radius 1 is 1.18 bits per heavy atom. The number of halogens is 1. The van der Waals surface area contributed by atoms with E-state index in [1.807, 2.05) is 23.1 Å². The number of nitrogens with one attached hydrogen (secondary N) is 1. The van der Waals surface area contributed by atoms with E-state index in [0.717, 1.165) is 0 Å². The number of anilines is 1. The van der Waals surface area contributed by atoms with Crippen LogP contribution >= 0.6 is 11.6 Å². The lowest BCUT2D eigenvalue weighted by Gasteiger charge is -2.47. The number of para-hydroxylation sites is 1. The van der Waals surface area contributed by atoms with Gasteiger partial charge in [0.15, 0.2) is 0 Å². The van der Waals surface area contributed by atoms with E-state index in [0.29, 0.717) is 55.0 Å². The molecule has 8 heteroatoms. The third-order valence-electron chi connectivity index (χ3n) is 6.43. The summed E-state index contributed by atoms with van der Waals surface area (Å²) in [5.41, 5.74) is 6.76. The first-order valence-electron chi connectivity index (χ1n) is 12.3. The maximum absolute atomic E-state index is 13.0. The van der Waals surface area contributed by atoms with E-state index in [4.69, 9.17) is 17.3 Å². The largest absolute Gasteiger partial charge is 0.391 e. The summed E-state index contributed by atoms with van der Waals surface area (Å²) in [5, 5.41) is 14.5. The first kappa shape index (κ1) is 28.6. The Bertz CT molecular complexity index is 830. The van der Waals surface area contributed by atoms with Crippen molar-refractivity contribution in [2.75, 3.05) is 31.1 Å². The van der Waals surface area contributed by atoms with Crippen molar-refractivity contribution in [3.05, 3.63) is 29.3 Å². The fourth-order valence-corrected chi connectivity index (χ4v) is 4.65. The molecule has 0 radical (unpaired) electrons. The fourth-order valence-electron chi connectivity index (χ4n) is 4.41. The Labute approximate surface area is 210 Å².